The summed E-state index contributed by atoms with van der Waals surface area (Å²) in [6.45, 7) is 0. The van der Waals surface area contributed by atoms with Gasteiger partial charge in [-0.1, -0.05) is 11.5 Å². The third-order valence-corrected chi connectivity index (χ3v) is 8.23. The molecule has 0 saturated heterocycles. The summed E-state index contributed by atoms with van der Waals surface area (Å²) in [5.74, 6) is -1.53. The lowest BCUT2D eigenvalue weighted by Crippen LogP contribution is -2.24. The number of fused-ring (bicyclic) bond motifs is 1. The summed E-state index contributed by atoms with van der Waals surface area (Å²) >= 11 is 1.28. The van der Waals surface area contributed by atoms with E-state index in [0.29, 0.717) is 29.0 Å². The van der Waals surface area contributed by atoms with Gasteiger partial charge in [-0.3, -0.25) is 4.79 Å². The number of ether oxygens (including phenoxy) is 3. The Morgan fingerprint density at radius 2 is 1.81 bits per heavy atom. The average Bonchev–Trinajstić information content (AvgIpc) is 3.42. The average molecular weight is 536 g/mol. The second-order valence-electron chi connectivity index (χ2n) is 8.01. The Bertz CT molecular complexity index is 1390. The van der Waals surface area contributed by atoms with Gasteiger partial charge in [0.1, 0.15) is 10.8 Å². The summed E-state index contributed by atoms with van der Waals surface area (Å²) in [4.78, 5) is 26.2. The highest BCUT2D eigenvalue weighted by Crippen LogP contribution is 2.38. The Labute approximate surface area is 211 Å². The highest BCUT2D eigenvalue weighted by Gasteiger charge is 2.30. The van der Waals surface area contributed by atoms with Crippen molar-refractivity contribution >= 4 is 38.1 Å². The van der Waals surface area contributed by atoms with Crippen LogP contribution in [0.2, 0.25) is 0 Å². The second-order valence-corrected chi connectivity index (χ2v) is 11.0. The van der Waals surface area contributed by atoms with Gasteiger partial charge in [-0.05, 0) is 49.4 Å². The summed E-state index contributed by atoms with van der Waals surface area (Å²) in [7, 11) is -0.0467. The van der Waals surface area contributed by atoms with Crippen molar-refractivity contribution in [1.29, 1.82) is 0 Å². The highest BCUT2D eigenvalue weighted by molar-refractivity contribution is 7.91. The minimum Gasteiger partial charge on any atom is -0.493 e. The fourth-order valence-corrected chi connectivity index (χ4v) is 6.17. The number of hydrogen-bond acceptors (Lipinski definition) is 11. The number of methoxy groups -OCH3 is 3. The van der Waals surface area contributed by atoms with Crippen LogP contribution < -0.4 is 14.8 Å². The topological polar surface area (TPSA) is 147 Å². The summed E-state index contributed by atoms with van der Waals surface area (Å²) in [6.07, 6.45) is 4.45. The van der Waals surface area contributed by atoms with Gasteiger partial charge in [0.25, 0.3) is 0 Å². The zero-order valence-corrected chi connectivity index (χ0v) is 21.6. The molecule has 2 heterocycles. The van der Waals surface area contributed by atoms with E-state index in [1.54, 1.807) is 18.2 Å². The Kier molecular flexibility index (Phi) is 7.59. The molecule has 1 aromatic carbocycles. The van der Waals surface area contributed by atoms with Crippen molar-refractivity contribution in [2.24, 2.45) is 0 Å². The van der Waals surface area contributed by atoms with Crippen molar-refractivity contribution in [2.45, 2.75) is 37.3 Å². The molecule has 11 nitrogen and oxygen atoms in total. The molecule has 3 aromatic rings. The summed E-state index contributed by atoms with van der Waals surface area (Å²) in [5, 5.41) is 9.57. The fraction of sp³-hybridized carbons (Fsp3) is 0.391. The first kappa shape index (κ1) is 25.6. The molecular weight excluding hydrogens is 510 g/mol. The van der Waals surface area contributed by atoms with Crippen molar-refractivity contribution in [3.8, 4) is 23.0 Å². The molecule has 0 saturated carbocycles. The second kappa shape index (κ2) is 10.7. The van der Waals surface area contributed by atoms with Crippen molar-refractivity contribution in [2.75, 3.05) is 32.4 Å². The number of carbonyl (C=O) groups is 2. The molecule has 0 radical (unpaired) electrons. The van der Waals surface area contributed by atoms with Crippen LogP contribution in [0.15, 0.2) is 27.8 Å². The van der Waals surface area contributed by atoms with Crippen LogP contribution in [0.3, 0.4) is 0 Å². The standard InChI is InChI=1S/C23H25N3O8S2/c1-31-15-10-9-13(11-16(15)32-2)20-25-26-23(34-20)36(29,30)12-18(27)24-21-19(22(28)33-3)14-7-5-4-6-8-17(14)35-21/h9-11H,4-8,12H2,1-3H3,(H,24,27). The summed E-state index contributed by atoms with van der Waals surface area (Å²) < 4.78 is 46.3. The van der Waals surface area contributed by atoms with Crippen LogP contribution in [-0.4, -0.2) is 57.6 Å². The molecule has 13 heteroatoms. The zero-order chi connectivity index (χ0) is 25.9. The summed E-state index contributed by atoms with van der Waals surface area (Å²) in [6, 6.07) is 4.78. The first-order valence-corrected chi connectivity index (χ1v) is 13.6. The van der Waals surface area contributed by atoms with E-state index in [9.17, 15) is 18.0 Å². The molecular formula is C23H25N3O8S2. The number of carbonyl (C=O) groups excluding carboxylic acids is 2. The van der Waals surface area contributed by atoms with Gasteiger partial charge in [-0.15, -0.1) is 16.4 Å². The van der Waals surface area contributed by atoms with Crippen LogP contribution in [0.5, 0.6) is 11.5 Å². The maximum atomic E-state index is 12.8. The number of esters is 1. The Balaban J connectivity index is 1.53. The number of hydrogen-bond donors (Lipinski definition) is 1. The third-order valence-electron chi connectivity index (χ3n) is 5.69. The first-order chi connectivity index (χ1) is 17.3. The molecule has 0 aliphatic heterocycles. The zero-order valence-electron chi connectivity index (χ0n) is 20.0. The van der Waals surface area contributed by atoms with E-state index in [2.05, 4.69) is 15.5 Å². The van der Waals surface area contributed by atoms with E-state index in [-0.39, 0.29) is 10.9 Å². The van der Waals surface area contributed by atoms with Gasteiger partial charge in [0.05, 0.1) is 26.9 Å². The van der Waals surface area contributed by atoms with Gasteiger partial charge in [0.2, 0.25) is 21.6 Å². The largest absolute Gasteiger partial charge is 0.493 e. The number of nitrogens with zero attached hydrogens (tertiary/aromatic N) is 2. The minimum atomic E-state index is -4.26. The van der Waals surface area contributed by atoms with Crippen LogP contribution in [0.4, 0.5) is 5.00 Å². The number of amides is 1. The SMILES string of the molecule is COC(=O)c1c(NC(=O)CS(=O)(=O)c2nnc(-c3ccc(OC)c(OC)c3)o2)sc2c1CCCCC2. The van der Waals surface area contributed by atoms with E-state index in [4.69, 9.17) is 18.6 Å². The Hall–Kier alpha value is -3.45. The van der Waals surface area contributed by atoms with E-state index in [0.717, 1.165) is 36.1 Å². The lowest BCUT2D eigenvalue weighted by molar-refractivity contribution is -0.113. The van der Waals surface area contributed by atoms with Gasteiger partial charge in [-0.25, -0.2) is 13.2 Å². The molecule has 2 aromatic heterocycles. The fourth-order valence-electron chi connectivity index (χ4n) is 3.97. The Morgan fingerprint density at radius 3 is 2.53 bits per heavy atom. The van der Waals surface area contributed by atoms with Crippen molar-refractivity contribution < 1.29 is 36.6 Å². The molecule has 0 spiro atoms. The van der Waals surface area contributed by atoms with Crippen LogP contribution in [0.25, 0.3) is 11.5 Å². The maximum Gasteiger partial charge on any atom is 0.341 e. The number of thiophene rings is 1. The smallest absolute Gasteiger partial charge is 0.341 e. The van der Waals surface area contributed by atoms with Crippen LogP contribution in [0, 0.1) is 0 Å². The normalized spacial score (nSPS) is 13.4. The van der Waals surface area contributed by atoms with Gasteiger partial charge in [0, 0.05) is 10.4 Å². The number of benzene rings is 1. The lowest BCUT2D eigenvalue weighted by Gasteiger charge is -2.07. The number of aryl methyl sites for hydroxylation is 1. The lowest BCUT2D eigenvalue weighted by atomic mass is 10.1. The highest BCUT2D eigenvalue weighted by atomic mass is 32.2. The Morgan fingerprint density at radius 1 is 1.06 bits per heavy atom. The summed E-state index contributed by atoms with van der Waals surface area (Å²) in [5.41, 5.74) is 1.56. The van der Waals surface area contributed by atoms with Crippen LogP contribution in [-0.2, 0) is 32.2 Å². The van der Waals surface area contributed by atoms with Crippen molar-refractivity contribution in [1.82, 2.24) is 10.2 Å². The van der Waals surface area contributed by atoms with Gasteiger partial charge in [0.15, 0.2) is 11.5 Å². The molecule has 1 amide bonds. The predicted octanol–water partition coefficient (Wildman–Crippen LogP) is 3.28. The monoisotopic (exact) mass is 535 g/mol. The number of anilines is 1. The van der Waals surface area contributed by atoms with E-state index in [1.165, 1.54) is 32.7 Å². The van der Waals surface area contributed by atoms with Gasteiger partial charge < -0.3 is 23.9 Å². The number of sulfone groups is 1. The molecule has 0 fully saturated rings. The van der Waals surface area contributed by atoms with E-state index < -0.39 is 32.7 Å². The number of nitrogens with one attached hydrogen (secondary N) is 1. The van der Waals surface area contributed by atoms with Crippen molar-refractivity contribution in [3.63, 3.8) is 0 Å². The van der Waals surface area contributed by atoms with Gasteiger partial charge >= 0.3 is 11.2 Å². The molecule has 192 valence electrons. The molecule has 1 N–H and O–H groups in total. The molecule has 0 bridgehead atoms. The molecule has 36 heavy (non-hydrogen) atoms. The first-order valence-electron chi connectivity index (χ1n) is 11.1. The van der Waals surface area contributed by atoms with Crippen molar-refractivity contribution in [3.05, 3.63) is 34.2 Å². The molecule has 4 rings (SSSR count). The number of aromatic nitrogens is 2. The van der Waals surface area contributed by atoms with Crippen LogP contribution in [0.1, 0.15) is 40.1 Å². The number of rotatable bonds is 8. The molecule has 1 aliphatic rings. The van der Waals surface area contributed by atoms with Gasteiger partial charge in [-0.2, -0.15) is 0 Å². The van der Waals surface area contributed by atoms with E-state index >= 15 is 0 Å². The third kappa shape index (κ3) is 5.21. The minimum absolute atomic E-state index is 0.0649. The van der Waals surface area contributed by atoms with Crippen LogP contribution >= 0.6 is 11.3 Å². The molecule has 1 aliphatic carbocycles. The predicted molar refractivity (Wildman–Crippen MR) is 130 cm³/mol. The quantitative estimate of drug-likeness (QED) is 0.337. The van der Waals surface area contributed by atoms with E-state index in [1.807, 2.05) is 0 Å². The molecule has 0 atom stereocenters. The molecule has 0 unspecified atom stereocenters. The maximum absolute atomic E-state index is 12.8.